The Morgan fingerprint density at radius 1 is 0.939 bits per heavy atom. The van der Waals surface area contributed by atoms with Crippen molar-refractivity contribution in [3.63, 3.8) is 0 Å². The highest BCUT2D eigenvalue weighted by Crippen LogP contribution is 2.33. The third-order valence-corrected chi connectivity index (χ3v) is 3.92. The number of rotatable bonds is 6. The van der Waals surface area contributed by atoms with E-state index < -0.39 is 29.7 Å². The number of nitrogens with one attached hydrogen (secondary N) is 2. The third kappa shape index (κ3) is 7.20. The molecule has 1 aromatic heterocycles. The molecule has 0 aliphatic carbocycles. The van der Waals surface area contributed by atoms with Gasteiger partial charge in [-0.1, -0.05) is 11.6 Å². The molecule has 2 N–H and O–H groups in total. The molecule has 0 saturated carbocycles. The largest absolute Gasteiger partial charge is 0.573 e. The molecule has 3 aromatic rings. The van der Waals surface area contributed by atoms with Gasteiger partial charge in [-0.3, -0.25) is 5.43 Å². The summed E-state index contributed by atoms with van der Waals surface area (Å²) in [7, 11) is 0. The van der Waals surface area contributed by atoms with Crippen LogP contribution in [0.15, 0.2) is 53.6 Å². The lowest BCUT2D eigenvalue weighted by Crippen LogP contribution is -2.17. The summed E-state index contributed by atoms with van der Waals surface area (Å²) < 4.78 is 92.3. The lowest BCUT2D eigenvalue weighted by atomic mass is 10.2. The molecule has 1 heterocycles. The maximum absolute atomic E-state index is 13.4. The van der Waals surface area contributed by atoms with Crippen molar-refractivity contribution in [1.82, 2.24) is 9.97 Å². The quantitative estimate of drug-likeness (QED) is 0.180. The molecule has 0 amide bonds. The fourth-order valence-corrected chi connectivity index (χ4v) is 2.59. The van der Waals surface area contributed by atoms with Gasteiger partial charge in [-0.2, -0.15) is 23.3 Å². The standard InChI is InChI=1S/C19H11ClF7N5O/c20-15-8-16(32-28-9-10-1-4-12(5-2-10)33-19(25,26)27)31-17(30-15)29-11-3-6-14(21)13(7-11)18(22,23)24/h1-9H,(H2,29,30,31,32)/b28-9+. The first-order valence-electron chi connectivity index (χ1n) is 8.72. The van der Waals surface area contributed by atoms with E-state index in [0.29, 0.717) is 17.7 Å². The maximum Gasteiger partial charge on any atom is 0.573 e. The lowest BCUT2D eigenvalue weighted by Gasteiger charge is -2.11. The summed E-state index contributed by atoms with van der Waals surface area (Å²) in [6.07, 6.45) is -8.44. The average molecular weight is 494 g/mol. The first kappa shape index (κ1) is 24.0. The number of anilines is 3. The van der Waals surface area contributed by atoms with E-state index in [2.05, 4.69) is 30.5 Å². The van der Waals surface area contributed by atoms with Gasteiger partial charge < -0.3 is 10.1 Å². The van der Waals surface area contributed by atoms with Gasteiger partial charge in [-0.05, 0) is 48.0 Å². The van der Waals surface area contributed by atoms with Crippen LogP contribution in [0, 0.1) is 5.82 Å². The molecule has 0 spiro atoms. The molecule has 14 heteroatoms. The Morgan fingerprint density at radius 3 is 2.27 bits per heavy atom. The van der Waals surface area contributed by atoms with Gasteiger partial charge in [-0.15, -0.1) is 13.2 Å². The van der Waals surface area contributed by atoms with E-state index in [1.807, 2.05) is 0 Å². The van der Waals surface area contributed by atoms with Gasteiger partial charge in [0.25, 0.3) is 0 Å². The Balaban J connectivity index is 1.70. The van der Waals surface area contributed by atoms with E-state index in [9.17, 15) is 30.7 Å². The first-order valence-corrected chi connectivity index (χ1v) is 9.10. The predicted molar refractivity (Wildman–Crippen MR) is 106 cm³/mol. The highest BCUT2D eigenvalue weighted by atomic mass is 35.5. The van der Waals surface area contributed by atoms with Crippen molar-refractivity contribution < 1.29 is 35.5 Å². The molecule has 2 aromatic carbocycles. The van der Waals surface area contributed by atoms with Crippen LogP contribution in [0.4, 0.5) is 48.2 Å². The molecule has 0 saturated heterocycles. The number of alkyl halides is 6. The van der Waals surface area contributed by atoms with E-state index in [4.69, 9.17) is 11.6 Å². The van der Waals surface area contributed by atoms with Gasteiger partial charge in [0.1, 0.15) is 16.7 Å². The van der Waals surface area contributed by atoms with Gasteiger partial charge in [0.15, 0.2) is 5.82 Å². The summed E-state index contributed by atoms with van der Waals surface area (Å²) >= 11 is 5.88. The second-order valence-electron chi connectivity index (χ2n) is 6.20. The van der Waals surface area contributed by atoms with Gasteiger partial charge in [-0.25, -0.2) is 9.37 Å². The second kappa shape index (κ2) is 9.48. The molecule has 0 atom stereocenters. The minimum atomic E-state index is -4.89. The number of benzene rings is 2. The van der Waals surface area contributed by atoms with Crippen LogP contribution in [-0.4, -0.2) is 22.5 Å². The molecule has 0 unspecified atom stereocenters. The van der Waals surface area contributed by atoms with Crippen LogP contribution in [0.2, 0.25) is 5.15 Å². The van der Waals surface area contributed by atoms with Crippen LogP contribution in [-0.2, 0) is 6.18 Å². The molecule has 0 radical (unpaired) electrons. The van der Waals surface area contributed by atoms with Crippen molar-refractivity contribution in [3.05, 3.63) is 70.6 Å². The topological polar surface area (TPSA) is 71.4 Å². The smallest absolute Gasteiger partial charge is 0.406 e. The number of hydrogen-bond acceptors (Lipinski definition) is 6. The van der Waals surface area contributed by atoms with E-state index in [1.165, 1.54) is 24.4 Å². The molecule has 6 nitrogen and oxygen atoms in total. The molecule has 0 bridgehead atoms. The van der Waals surface area contributed by atoms with Crippen LogP contribution in [0.5, 0.6) is 5.75 Å². The minimum absolute atomic E-state index is 0.0453. The minimum Gasteiger partial charge on any atom is -0.406 e. The summed E-state index contributed by atoms with van der Waals surface area (Å²) in [6.45, 7) is 0. The van der Waals surface area contributed by atoms with Crippen LogP contribution < -0.4 is 15.5 Å². The number of halogens is 8. The normalized spacial score (nSPS) is 12.1. The second-order valence-corrected chi connectivity index (χ2v) is 6.59. The van der Waals surface area contributed by atoms with Crippen LogP contribution in [0.25, 0.3) is 0 Å². The van der Waals surface area contributed by atoms with Crippen molar-refractivity contribution >= 4 is 35.3 Å². The number of nitrogens with zero attached hydrogens (tertiary/aromatic N) is 3. The Kier molecular flexibility index (Phi) is 6.91. The van der Waals surface area contributed by atoms with Crippen molar-refractivity contribution in [2.24, 2.45) is 5.10 Å². The molecule has 0 aliphatic rings. The van der Waals surface area contributed by atoms with E-state index >= 15 is 0 Å². The third-order valence-electron chi connectivity index (χ3n) is 3.73. The average Bonchev–Trinajstić information content (AvgIpc) is 2.68. The van der Waals surface area contributed by atoms with Gasteiger partial charge in [0, 0.05) is 11.8 Å². The lowest BCUT2D eigenvalue weighted by molar-refractivity contribution is -0.274. The maximum atomic E-state index is 13.4. The van der Waals surface area contributed by atoms with Crippen LogP contribution in [0.1, 0.15) is 11.1 Å². The number of hydrazone groups is 1. The predicted octanol–water partition coefficient (Wildman–Crippen LogP) is 6.38. The molecular weight excluding hydrogens is 483 g/mol. The zero-order chi connectivity index (χ0) is 24.2. The van der Waals surface area contributed by atoms with Gasteiger partial charge >= 0.3 is 12.5 Å². The molecule has 33 heavy (non-hydrogen) atoms. The van der Waals surface area contributed by atoms with Gasteiger partial charge in [0.05, 0.1) is 11.8 Å². The summed E-state index contributed by atoms with van der Waals surface area (Å²) in [6, 6.07) is 8.34. The Labute approximate surface area is 186 Å². The van der Waals surface area contributed by atoms with Crippen LogP contribution >= 0.6 is 11.6 Å². The van der Waals surface area contributed by atoms with Crippen molar-refractivity contribution in [2.45, 2.75) is 12.5 Å². The first-order chi connectivity index (χ1) is 15.4. The highest BCUT2D eigenvalue weighted by molar-refractivity contribution is 6.29. The SMILES string of the molecule is Fc1ccc(Nc2nc(Cl)cc(N/N=C/c3ccc(OC(F)(F)F)cc3)n2)cc1C(F)(F)F. The Bertz CT molecular complexity index is 1150. The Morgan fingerprint density at radius 2 is 1.64 bits per heavy atom. The summed E-state index contributed by atoms with van der Waals surface area (Å²) in [5.74, 6) is -1.99. The highest BCUT2D eigenvalue weighted by Gasteiger charge is 2.34. The van der Waals surface area contributed by atoms with Crippen molar-refractivity contribution in [3.8, 4) is 5.75 Å². The van der Waals surface area contributed by atoms with Gasteiger partial charge in [0.2, 0.25) is 5.95 Å². The molecule has 0 fully saturated rings. The van der Waals surface area contributed by atoms with Crippen molar-refractivity contribution in [1.29, 1.82) is 0 Å². The fraction of sp³-hybridized carbons (Fsp3) is 0.105. The summed E-state index contributed by atoms with van der Waals surface area (Å²) in [5.41, 5.74) is 1.31. The number of ether oxygens (including phenoxy) is 1. The fourth-order valence-electron chi connectivity index (χ4n) is 2.41. The number of aromatic nitrogens is 2. The summed E-state index contributed by atoms with van der Waals surface area (Å²) in [4.78, 5) is 7.80. The number of hydrogen-bond donors (Lipinski definition) is 2. The molecule has 3 rings (SSSR count). The Hall–Kier alpha value is -3.61. The van der Waals surface area contributed by atoms with Crippen molar-refractivity contribution in [2.75, 3.05) is 10.7 Å². The molecule has 174 valence electrons. The zero-order valence-electron chi connectivity index (χ0n) is 16.0. The van der Waals surface area contributed by atoms with Crippen LogP contribution in [0.3, 0.4) is 0 Å². The van der Waals surface area contributed by atoms with E-state index in [0.717, 1.165) is 18.2 Å². The molecular formula is C19H11ClF7N5O. The summed E-state index contributed by atoms with van der Waals surface area (Å²) in [5, 5.41) is 6.25. The monoisotopic (exact) mass is 493 g/mol. The van der Waals surface area contributed by atoms with E-state index in [-0.39, 0.29) is 22.6 Å². The van der Waals surface area contributed by atoms with E-state index in [1.54, 1.807) is 0 Å². The molecule has 0 aliphatic heterocycles. The zero-order valence-corrected chi connectivity index (χ0v) is 16.7.